The first-order valence-corrected chi connectivity index (χ1v) is 10.9. The number of benzene rings is 3. The Labute approximate surface area is 183 Å². The van der Waals surface area contributed by atoms with E-state index in [0.29, 0.717) is 13.2 Å². The molecule has 0 saturated heterocycles. The lowest BCUT2D eigenvalue weighted by Gasteiger charge is -2.20. The summed E-state index contributed by atoms with van der Waals surface area (Å²) < 4.78 is 8.46. The largest absolute Gasteiger partial charge is 0.375 e. The molecule has 0 aromatic heterocycles. The van der Waals surface area contributed by atoms with E-state index in [-0.39, 0.29) is 6.04 Å². The second-order valence-electron chi connectivity index (χ2n) is 6.47. The molecule has 0 aliphatic heterocycles. The first kappa shape index (κ1) is 20.5. The summed E-state index contributed by atoms with van der Waals surface area (Å²) in [6.07, 6.45) is 0.942. The molecule has 0 aliphatic rings. The topological polar surface area (TPSA) is 21.3 Å². The van der Waals surface area contributed by atoms with E-state index in [1.165, 1.54) is 20.3 Å². The van der Waals surface area contributed by atoms with Crippen LogP contribution in [0.25, 0.3) is 0 Å². The first-order valence-electron chi connectivity index (χ1n) is 9.04. The Morgan fingerprint density at radius 3 is 2.26 bits per heavy atom. The lowest BCUT2D eigenvalue weighted by Crippen LogP contribution is -2.35. The third kappa shape index (κ3) is 6.71. The van der Waals surface area contributed by atoms with Gasteiger partial charge in [0.2, 0.25) is 0 Å². The molecule has 140 valence electrons. The number of hydrogen-bond acceptors (Lipinski definition) is 2. The third-order valence-electron chi connectivity index (χ3n) is 4.40. The van der Waals surface area contributed by atoms with Crippen molar-refractivity contribution in [1.82, 2.24) is 5.32 Å². The lowest BCUT2D eigenvalue weighted by molar-refractivity contribution is 0.0975. The maximum absolute atomic E-state index is 6.07. The van der Waals surface area contributed by atoms with Crippen molar-refractivity contribution in [3.8, 4) is 0 Å². The molecule has 2 nitrogen and oxygen atoms in total. The van der Waals surface area contributed by atoms with Gasteiger partial charge in [0.05, 0.1) is 13.2 Å². The van der Waals surface area contributed by atoms with E-state index >= 15 is 0 Å². The maximum Gasteiger partial charge on any atom is 0.0727 e. The maximum atomic E-state index is 6.07. The zero-order chi connectivity index (χ0) is 18.9. The third-order valence-corrected chi connectivity index (χ3v) is 6.22. The SMILES string of the molecule is Brc1ccccc1CN[C@H](COCc1ccccc1I)Cc1ccccc1. The predicted octanol–water partition coefficient (Wildman–Crippen LogP) is 5.97. The number of ether oxygens (including phenoxy) is 1. The van der Waals surface area contributed by atoms with E-state index in [9.17, 15) is 0 Å². The molecule has 1 atom stereocenters. The van der Waals surface area contributed by atoms with Crippen molar-refractivity contribution < 1.29 is 4.74 Å². The van der Waals surface area contributed by atoms with Crippen LogP contribution in [0.15, 0.2) is 83.3 Å². The second-order valence-corrected chi connectivity index (χ2v) is 8.48. The predicted molar refractivity (Wildman–Crippen MR) is 124 cm³/mol. The van der Waals surface area contributed by atoms with Gasteiger partial charge in [0, 0.05) is 20.6 Å². The molecule has 1 N–H and O–H groups in total. The molecule has 0 aliphatic carbocycles. The van der Waals surface area contributed by atoms with Gasteiger partial charge in [-0.3, -0.25) is 0 Å². The van der Waals surface area contributed by atoms with Gasteiger partial charge >= 0.3 is 0 Å². The molecule has 4 heteroatoms. The van der Waals surface area contributed by atoms with Crippen molar-refractivity contribution in [1.29, 1.82) is 0 Å². The molecule has 0 saturated carbocycles. The molecule has 0 fully saturated rings. The zero-order valence-corrected chi connectivity index (χ0v) is 18.8. The van der Waals surface area contributed by atoms with Gasteiger partial charge in [0.1, 0.15) is 0 Å². The van der Waals surface area contributed by atoms with Crippen LogP contribution in [0.5, 0.6) is 0 Å². The molecule has 0 amide bonds. The highest BCUT2D eigenvalue weighted by Gasteiger charge is 2.11. The molecular weight excluding hydrogens is 513 g/mol. The second kappa shape index (κ2) is 11.0. The van der Waals surface area contributed by atoms with Crippen molar-refractivity contribution >= 4 is 38.5 Å². The van der Waals surface area contributed by atoms with Crippen molar-refractivity contribution in [3.63, 3.8) is 0 Å². The number of halogens is 2. The number of hydrogen-bond donors (Lipinski definition) is 1. The van der Waals surface area contributed by atoms with Crippen molar-refractivity contribution in [2.24, 2.45) is 0 Å². The van der Waals surface area contributed by atoms with E-state index in [4.69, 9.17) is 4.74 Å². The van der Waals surface area contributed by atoms with E-state index in [0.717, 1.165) is 17.4 Å². The fourth-order valence-corrected chi connectivity index (χ4v) is 3.88. The van der Waals surface area contributed by atoms with Gasteiger partial charge in [0.15, 0.2) is 0 Å². The Balaban J connectivity index is 1.60. The Bertz CT molecular complexity index is 841. The van der Waals surface area contributed by atoms with E-state index in [1.54, 1.807) is 0 Å². The van der Waals surface area contributed by atoms with E-state index in [2.05, 4.69) is 117 Å². The van der Waals surface area contributed by atoms with E-state index in [1.807, 2.05) is 6.07 Å². The average molecular weight is 536 g/mol. The monoisotopic (exact) mass is 535 g/mol. The smallest absolute Gasteiger partial charge is 0.0727 e. The summed E-state index contributed by atoms with van der Waals surface area (Å²) in [6.45, 7) is 2.12. The molecular formula is C23H23BrINO. The van der Waals surface area contributed by atoms with Crippen LogP contribution in [0.2, 0.25) is 0 Å². The van der Waals surface area contributed by atoms with Crippen LogP contribution in [0.1, 0.15) is 16.7 Å². The minimum atomic E-state index is 0.251. The highest BCUT2D eigenvalue weighted by Crippen LogP contribution is 2.16. The van der Waals surface area contributed by atoms with Crippen molar-refractivity contribution in [3.05, 3.63) is 104 Å². The van der Waals surface area contributed by atoms with Crippen LogP contribution < -0.4 is 5.32 Å². The molecule has 0 heterocycles. The molecule has 0 bridgehead atoms. The Morgan fingerprint density at radius 1 is 0.852 bits per heavy atom. The van der Waals surface area contributed by atoms with Gasteiger partial charge in [-0.05, 0) is 57.8 Å². The zero-order valence-electron chi connectivity index (χ0n) is 15.1. The van der Waals surface area contributed by atoms with Gasteiger partial charge in [-0.25, -0.2) is 0 Å². The number of rotatable bonds is 9. The highest BCUT2D eigenvalue weighted by atomic mass is 127. The summed E-state index contributed by atoms with van der Waals surface area (Å²) in [6, 6.07) is 27.5. The molecule has 0 unspecified atom stereocenters. The Morgan fingerprint density at radius 2 is 1.52 bits per heavy atom. The Kier molecular flexibility index (Phi) is 8.33. The van der Waals surface area contributed by atoms with Gasteiger partial charge in [-0.2, -0.15) is 0 Å². The van der Waals surface area contributed by atoms with Crippen molar-refractivity contribution in [2.75, 3.05) is 6.61 Å². The minimum Gasteiger partial charge on any atom is -0.375 e. The van der Waals surface area contributed by atoms with Crippen LogP contribution in [0, 0.1) is 3.57 Å². The number of nitrogens with one attached hydrogen (secondary N) is 1. The van der Waals surface area contributed by atoms with Crippen molar-refractivity contribution in [2.45, 2.75) is 25.6 Å². The van der Waals surface area contributed by atoms with Crippen LogP contribution in [0.4, 0.5) is 0 Å². The van der Waals surface area contributed by atoms with Gasteiger partial charge in [0.25, 0.3) is 0 Å². The Hall–Kier alpha value is -1.21. The summed E-state index contributed by atoms with van der Waals surface area (Å²) in [7, 11) is 0. The summed E-state index contributed by atoms with van der Waals surface area (Å²) in [5, 5.41) is 3.67. The summed E-state index contributed by atoms with van der Waals surface area (Å²) in [5.74, 6) is 0. The minimum absolute atomic E-state index is 0.251. The van der Waals surface area contributed by atoms with Crippen LogP contribution in [0.3, 0.4) is 0 Å². The molecule has 27 heavy (non-hydrogen) atoms. The molecule has 3 aromatic carbocycles. The van der Waals surface area contributed by atoms with Crippen LogP contribution >= 0.6 is 38.5 Å². The quantitative estimate of drug-likeness (QED) is 0.341. The molecule has 3 rings (SSSR count). The normalized spacial score (nSPS) is 12.1. The summed E-state index contributed by atoms with van der Waals surface area (Å²) in [5.41, 5.74) is 3.82. The van der Waals surface area contributed by atoms with Gasteiger partial charge in [-0.1, -0.05) is 82.7 Å². The van der Waals surface area contributed by atoms with Crippen LogP contribution in [-0.2, 0) is 24.3 Å². The van der Waals surface area contributed by atoms with Gasteiger partial charge in [-0.15, -0.1) is 0 Å². The first-order chi connectivity index (χ1) is 13.2. The fraction of sp³-hybridized carbons (Fsp3) is 0.217. The van der Waals surface area contributed by atoms with E-state index < -0.39 is 0 Å². The summed E-state index contributed by atoms with van der Waals surface area (Å²) in [4.78, 5) is 0. The van der Waals surface area contributed by atoms with Crippen LogP contribution in [-0.4, -0.2) is 12.6 Å². The van der Waals surface area contributed by atoms with Gasteiger partial charge < -0.3 is 10.1 Å². The fourth-order valence-electron chi connectivity index (χ4n) is 2.91. The summed E-state index contributed by atoms with van der Waals surface area (Å²) >= 11 is 6.00. The highest BCUT2D eigenvalue weighted by molar-refractivity contribution is 14.1. The average Bonchev–Trinajstić information content (AvgIpc) is 2.69. The molecule has 3 aromatic rings. The molecule has 0 radical (unpaired) electrons. The standard InChI is InChI=1S/C23H23BrINO/c24-22-12-6-4-10-19(22)15-26-21(14-18-8-2-1-3-9-18)17-27-16-20-11-5-7-13-23(20)25/h1-13,21,26H,14-17H2/t21-/m0/s1. The lowest BCUT2D eigenvalue weighted by atomic mass is 10.1. The molecule has 0 spiro atoms.